The van der Waals surface area contributed by atoms with Crippen LogP contribution in [0, 0.1) is 5.82 Å². The molecule has 0 bridgehead atoms. The maximum atomic E-state index is 13.0. The minimum absolute atomic E-state index is 0.194. The van der Waals surface area contributed by atoms with Crippen molar-refractivity contribution in [3.05, 3.63) is 53.3 Å². The second kappa shape index (κ2) is 5.98. The first kappa shape index (κ1) is 14.7. The highest BCUT2D eigenvalue weighted by atomic mass is 35.5. The molecule has 3 nitrogen and oxygen atoms in total. The molecule has 0 unspecified atom stereocenters. The maximum Gasteiger partial charge on any atom is 0.186 e. The van der Waals surface area contributed by atoms with Crippen molar-refractivity contribution >= 4 is 44.0 Å². The quantitative estimate of drug-likeness (QED) is 0.684. The van der Waals surface area contributed by atoms with Crippen molar-refractivity contribution in [3.8, 4) is 0 Å². The lowest BCUT2D eigenvalue weighted by Crippen LogP contribution is -2.46. The number of fused-ring (bicyclic) bond motifs is 1. The molecule has 23 heavy (non-hydrogen) atoms. The molecule has 1 aliphatic heterocycles. The molecular weight excluding hydrogens is 333 g/mol. The lowest BCUT2D eigenvalue weighted by molar-refractivity contribution is 0.624. The monoisotopic (exact) mass is 347 g/mol. The van der Waals surface area contributed by atoms with E-state index in [4.69, 9.17) is 16.6 Å². The molecule has 0 atom stereocenters. The molecule has 0 spiro atoms. The summed E-state index contributed by atoms with van der Waals surface area (Å²) < 4.78 is 14.1. The first-order valence-electron chi connectivity index (χ1n) is 7.50. The summed E-state index contributed by atoms with van der Waals surface area (Å²) in [6.07, 6.45) is 0. The van der Waals surface area contributed by atoms with E-state index in [9.17, 15) is 4.39 Å². The number of hydrogen-bond donors (Lipinski definition) is 0. The van der Waals surface area contributed by atoms with Crippen LogP contribution in [-0.4, -0.2) is 31.2 Å². The third-order valence-electron chi connectivity index (χ3n) is 4.08. The van der Waals surface area contributed by atoms with Crippen LogP contribution >= 0.6 is 22.9 Å². The maximum absolute atomic E-state index is 13.0. The SMILES string of the molecule is Fc1ccc(N2CCN(c3nc4ccc(Cl)cc4s3)CC2)cc1. The van der Waals surface area contributed by atoms with Crippen LogP contribution in [0.25, 0.3) is 10.2 Å². The molecule has 0 amide bonds. The van der Waals surface area contributed by atoms with Gasteiger partial charge in [-0.05, 0) is 42.5 Å². The standard InChI is InChI=1S/C17H15ClFN3S/c18-12-1-6-15-16(11-12)23-17(20-15)22-9-7-21(8-10-22)14-4-2-13(19)3-5-14/h1-6,11H,7-10H2. The van der Waals surface area contributed by atoms with Crippen molar-refractivity contribution in [3.63, 3.8) is 0 Å². The van der Waals surface area contributed by atoms with Gasteiger partial charge < -0.3 is 9.80 Å². The Balaban J connectivity index is 1.48. The molecule has 118 valence electrons. The number of rotatable bonds is 2. The van der Waals surface area contributed by atoms with Gasteiger partial charge >= 0.3 is 0 Å². The van der Waals surface area contributed by atoms with Gasteiger partial charge in [0.1, 0.15) is 5.82 Å². The third kappa shape index (κ3) is 2.99. The molecule has 1 aliphatic rings. The van der Waals surface area contributed by atoms with E-state index in [2.05, 4.69) is 9.80 Å². The molecule has 2 aromatic carbocycles. The Labute approximate surface area is 142 Å². The van der Waals surface area contributed by atoms with Crippen LogP contribution in [0.3, 0.4) is 0 Å². The lowest BCUT2D eigenvalue weighted by Gasteiger charge is -2.35. The smallest absolute Gasteiger partial charge is 0.186 e. The molecule has 0 saturated carbocycles. The van der Waals surface area contributed by atoms with E-state index in [1.54, 1.807) is 11.3 Å². The minimum atomic E-state index is -0.194. The van der Waals surface area contributed by atoms with Crippen molar-refractivity contribution in [2.75, 3.05) is 36.0 Å². The third-order valence-corrected chi connectivity index (χ3v) is 5.40. The van der Waals surface area contributed by atoms with E-state index >= 15 is 0 Å². The van der Waals surface area contributed by atoms with E-state index < -0.39 is 0 Å². The first-order chi connectivity index (χ1) is 11.2. The van der Waals surface area contributed by atoms with Gasteiger partial charge in [-0.3, -0.25) is 0 Å². The summed E-state index contributed by atoms with van der Waals surface area (Å²) in [7, 11) is 0. The fourth-order valence-corrected chi connectivity index (χ4v) is 4.12. The van der Waals surface area contributed by atoms with Crippen LogP contribution in [-0.2, 0) is 0 Å². The predicted octanol–water partition coefficient (Wildman–Crippen LogP) is 4.42. The van der Waals surface area contributed by atoms with Crippen LogP contribution in [0.4, 0.5) is 15.2 Å². The van der Waals surface area contributed by atoms with E-state index in [0.29, 0.717) is 0 Å². The summed E-state index contributed by atoms with van der Waals surface area (Å²) >= 11 is 7.72. The van der Waals surface area contributed by atoms with Gasteiger partial charge in [0, 0.05) is 36.9 Å². The summed E-state index contributed by atoms with van der Waals surface area (Å²) in [6.45, 7) is 3.63. The van der Waals surface area contributed by atoms with Crippen molar-refractivity contribution in [2.45, 2.75) is 0 Å². The van der Waals surface area contributed by atoms with Gasteiger partial charge in [0.25, 0.3) is 0 Å². The highest BCUT2D eigenvalue weighted by Gasteiger charge is 2.20. The molecule has 1 saturated heterocycles. The largest absolute Gasteiger partial charge is 0.368 e. The number of thiazole rings is 1. The summed E-state index contributed by atoms with van der Waals surface area (Å²) in [4.78, 5) is 9.29. The van der Waals surface area contributed by atoms with Gasteiger partial charge in [0.2, 0.25) is 0 Å². The van der Waals surface area contributed by atoms with Crippen molar-refractivity contribution < 1.29 is 4.39 Å². The van der Waals surface area contributed by atoms with Crippen LogP contribution < -0.4 is 9.80 Å². The molecule has 6 heteroatoms. The summed E-state index contributed by atoms with van der Waals surface area (Å²) in [5.41, 5.74) is 2.07. The predicted molar refractivity (Wildman–Crippen MR) is 95.5 cm³/mol. The molecule has 2 heterocycles. The normalized spacial score (nSPS) is 15.4. The zero-order chi connectivity index (χ0) is 15.8. The fraction of sp³-hybridized carbons (Fsp3) is 0.235. The van der Waals surface area contributed by atoms with Gasteiger partial charge in [0.15, 0.2) is 5.13 Å². The molecule has 0 radical (unpaired) electrons. The van der Waals surface area contributed by atoms with Gasteiger partial charge in [-0.25, -0.2) is 9.37 Å². The number of piperazine rings is 1. The Morgan fingerprint density at radius 2 is 1.65 bits per heavy atom. The molecule has 0 N–H and O–H groups in total. The van der Waals surface area contributed by atoms with Crippen molar-refractivity contribution in [1.29, 1.82) is 0 Å². The Morgan fingerprint density at radius 3 is 2.39 bits per heavy atom. The number of anilines is 2. The van der Waals surface area contributed by atoms with E-state index in [1.807, 2.05) is 30.3 Å². The Kier molecular flexibility index (Phi) is 3.83. The number of aromatic nitrogens is 1. The zero-order valence-corrected chi connectivity index (χ0v) is 13.9. The number of benzene rings is 2. The van der Waals surface area contributed by atoms with Crippen molar-refractivity contribution in [1.82, 2.24) is 4.98 Å². The first-order valence-corrected chi connectivity index (χ1v) is 8.70. The molecule has 0 aliphatic carbocycles. The number of hydrogen-bond acceptors (Lipinski definition) is 4. The lowest BCUT2D eigenvalue weighted by atomic mass is 10.2. The van der Waals surface area contributed by atoms with Crippen LogP contribution in [0.2, 0.25) is 5.02 Å². The molecule has 4 rings (SSSR count). The highest BCUT2D eigenvalue weighted by Crippen LogP contribution is 2.31. The average molecular weight is 348 g/mol. The van der Waals surface area contributed by atoms with Crippen LogP contribution in [0.15, 0.2) is 42.5 Å². The Hall–Kier alpha value is -1.85. The number of nitrogens with zero attached hydrogens (tertiary/aromatic N) is 3. The van der Waals surface area contributed by atoms with Crippen LogP contribution in [0.5, 0.6) is 0 Å². The second-order valence-corrected chi connectivity index (χ2v) is 7.00. The fourth-order valence-electron chi connectivity index (χ4n) is 2.83. The van der Waals surface area contributed by atoms with Crippen LogP contribution in [0.1, 0.15) is 0 Å². The molecule has 1 aromatic heterocycles. The van der Waals surface area contributed by atoms with Crippen molar-refractivity contribution in [2.24, 2.45) is 0 Å². The second-order valence-electron chi connectivity index (χ2n) is 5.56. The molecule has 3 aromatic rings. The Morgan fingerprint density at radius 1 is 0.957 bits per heavy atom. The van der Waals surface area contributed by atoms with Gasteiger partial charge in [-0.15, -0.1) is 0 Å². The summed E-state index contributed by atoms with van der Waals surface area (Å²) in [5, 5.41) is 1.79. The summed E-state index contributed by atoms with van der Waals surface area (Å²) in [6, 6.07) is 12.5. The van der Waals surface area contributed by atoms with Gasteiger partial charge in [-0.1, -0.05) is 22.9 Å². The highest BCUT2D eigenvalue weighted by molar-refractivity contribution is 7.22. The van der Waals surface area contributed by atoms with E-state index in [0.717, 1.165) is 52.2 Å². The molecular formula is C17H15ClFN3S. The molecule has 1 fully saturated rings. The Bertz CT molecular complexity index is 825. The number of halogens is 2. The van der Waals surface area contributed by atoms with Gasteiger partial charge in [0.05, 0.1) is 10.2 Å². The van der Waals surface area contributed by atoms with E-state index in [-0.39, 0.29) is 5.82 Å². The average Bonchev–Trinajstić information content (AvgIpc) is 2.99. The summed E-state index contributed by atoms with van der Waals surface area (Å²) in [5.74, 6) is -0.194. The topological polar surface area (TPSA) is 19.4 Å². The van der Waals surface area contributed by atoms with E-state index in [1.165, 1.54) is 12.1 Å². The minimum Gasteiger partial charge on any atom is -0.368 e. The van der Waals surface area contributed by atoms with Gasteiger partial charge in [-0.2, -0.15) is 0 Å². The zero-order valence-electron chi connectivity index (χ0n) is 12.4.